The zero-order chi connectivity index (χ0) is 19.1. The number of carbonyl (C=O) groups excluding carboxylic acids is 1. The largest absolute Gasteiger partial charge is 0.478 e. The molecular weight excluding hydrogens is 447 g/mol. The molecule has 1 aromatic heterocycles. The van der Waals surface area contributed by atoms with Crippen LogP contribution in [0.15, 0.2) is 61.1 Å². The quantitative estimate of drug-likeness (QED) is 0.471. The Morgan fingerprint density at radius 1 is 1.04 bits per heavy atom. The highest BCUT2D eigenvalue weighted by Crippen LogP contribution is 2.18. The minimum Gasteiger partial charge on any atom is -0.478 e. The number of benzene rings is 2. The summed E-state index contributed by atoms with van der Waals surface area (Å²) in [5.41, 5.74) is 2.81. The van der Waals surface area contributed by atoms with Crippen molar-refractivity contribution >= 4 is 34.5 Å². The number of rotatable bonds is 3. The molecule has 0 spiro atoms. The van der Waals surface area contributed by atoms with Crippen molar-refractivity contribution in [2.45, 2.75) is 0 Å². The lowest BCUT2D eigenvalue weighted by Crippen LogP contribution is -2.00. The third-order valence-electron chi connectivity index (χ3n) is 3.51. The summed E-state index contributed by atoms with van der Waals surface area (Å²) in [5.74, 6) is -1.20. The number of hydrogen-bond acceptors (Lipinski definition) is 4. The molecule has 1 heterocycles. The van der Waals surface area contributed by atoms with Crippen LogP contribution >= 0.6 is 22.6 Å². The van der Waals surface area contributed by atoms with Gasteiger partial charge in [0.15, 0.2) is 0 Å². The van der Waals surface area contributed by atoms with Crippen LogP contribution in [-0.2, 0) is 11.8 Å². The van der Waals surface area contributed by atoms with Gasteiger partial charge in [-0.3, -0.25) is 0 Å². The second-order valence-corrected chi connectivity index (χ2v) is 6.52. The minimum atomic E-state index is -0.911. The summed E-state index contributed by atoms with van der Waals surface area (Å²) in [6.45, 7) is 0. The first kappa shape index (κ1) is 19.6. The molecule has 7 heteroatoms. The van der Waals surface area contributed by atoms with Gasteiger partial charge in [0.25, 0.3) is 0 Å². The van der Waals surface area contributed by atoms with E-state index in [0.29, 0.717) is 11.1 Å². The summed E-state index contributed by atoms with van der Waals surface area (Å²) >= 11 is 2.18. The Morgan fingerprint density at radius 2 is 1.62 bits per heavy atom. The normalized spacial score (nSPS) is 9.81. The number of imidazole rings is 1. The molecule has 0 aliphatic carbocycles. The van der Waals surface area contributed by atoms with Gasteiger partial charge in [-0.2, -0.15) is 0 Å². The second-order valence-electron chi connectivity index (χ2n) is 5.27. The molecule has 0 saturated carbocycles. The van der Waals surface area contributed by atoms with Gasteiger partial charge < -0.3 is 14.4 Å². The molecule has 1 N–H and O–H groups in total. The van der Waals surface area contributed by atoms with Gasteiger partial charge in [0.05, 0.1) is 36.5 Å². The lowest BCUT2D eigenvalue weighted by atomic mass is 10.1. The van der Waals surface area contributed by atoms with Crippen molar-refractivity contribution in [3.8, 4) is 11.3 Å². The third-order valence-corrected chi connectivity index (χ3v) is 4.23. The lowest BCUT2D eigenvalue weighted by molar-refractivity contribution is 0.0599. The average molecular weight is 464 g/mol. The van der Waals surface area contributed by atoms with Gasteiger partial charge in [-0.15, -0.1) is 0 Å². The number of methoxy groups -OCH3 is 1. The van der Waals surface area contributed by atoms with Crippen molar-refractivity contribution in [2.75, 3.05) is 7.11 Å². The Balaban J connectivity index is 0.000000197. The number of carboxylic acids is 1. The fraction of sp³-hybridized carbons (Fsp3) is 0.105. The monoisotopic (exact) mass is 464 g/mol. The number of hydrogen-bond donors (Lipinski definition) is 1. The van der Waals surface area contributed by atoms with Crippen molar-refractivity contribution in [1.29, 1.82) is 0 Å². The number of halogens is 1. The zero-order valence-corrected chi connectivity index (χ0v) is 16.4. The number of aryl methyl sites for hydroxylation is 1. The van der Waals surface area contributed by atoms with Crippen LogP contribution in [-0.4, -0.2) is 33.7 Å². The van der Waals surface area contributed by atoms with E-state index in [4.69, 9.17) is 5.11 Å². The molecule has 0 saturated heterocycles. The number of aromatic nitrogens is 2. The van der Waals surface area contributed by atoms with E-state index >= 15 is 0 Å². The highest BCUT2D eigenvalue weighted by atomic mass is 127. The average Bonchev–Trinajstić information content (AvgIpc) is 3.08. The number of carboxylic acid groups (broad SMARTS) is 1. The Bertz CT molecular complexity index is 887. The maximum absolute atomic E-state index is 10.9. The van der Waals surface area contributed by atoms with Gasteiger partial charge in [-0.25, -0.2) is 14.6 Å². The number of ether oxygens (including phenoxy) is 1. The third kappa shape index (κ3) is 5.16. The second kappa shape index (κ2) is 9.14. The smallest absolute Gasteiger partial charge is 0.337 e. The van der Waals surface area contributed by atoms with E-state index in [1.165, 1.54) is 7.11 Å². The molecule has 0 aliphatic rings. The summed E-state index contributed by atoms with van der Waals surface area (Å²) in [5, 5.41) is 8.74. The summed E-state index contributed by atoms with van der Waals surface area (Å²) < 4.78 is 7.53. The van der Waals surface area contributed by atoms with Gasteiger partial charge in [0.1, 0.15) is 0 Å². The van der Waals surface area contributed by atoms with E-state index < -0.39 is 5.97 Å². The topological polar surface area (TPSA) is 81.4 Å². The summed E-state index contributed by atoms with van der Waals surface area (Å²) in [7, 11) is 3.27. The van der Waals surface area contributed by atoms with Crippen molar-refractivity contribution in [1.82, 2.24) is 9.55 Å². The van der Waals surface area contributed by atoms with E-state index in [1.807, 2.05) is 23.7 Å². The van der Waals surface area contributed by atoms with Gasteiger partial charge in [-0.1, -0.05) is 12.1 Å². The van der Waals surface area contributed by atoms with Crippen LogP contribution in [0.5, 0.6) is 0 Å². The van der Waals surface area contributed by atoms with Crippen LogP contribution in [0.4, 0.5) is 0 Å². The van der Waals surface area contributed by atoms with Crippen molar-refractivity contribution in [3.63, 3.8) is 0 Å². The van der Waals surface area contributed by atoms with Gasteiger partial charge in [0, 0.05) is 10.6 Å². The van der Waals surface area contributed by atoms with Crippen LogP contribution in [0.1, 0.15) is 20.7 Å². The van der Waals surface area contributed by atoms with Gasteiger partial charge >= 0.3 is 11.9 Å². The van der Waals surface area contributed by atoms with Gasteiger partial charge in [-0.05, 0) is 64.6 Å². The van der Waals surface area contributed by atoms with Crippen molar-refractivity contribution < 1.29 is 19.4 Å². The molecule has 3 rings (SSSR count). The first-order valence-electron chi connectivity index (χ1n) is 7.56. The lowest BCUT2D eigenvalue weighted by Gasteiger charge is -2.02. The van der Waals surface area contributed by atoms with E-state index in [1.54, 1.807) is 48.9 Å². The predicted molar refractivity (Wildman–Crippen MR) is 106 cm³/mol. The molecule has 0 radical (unpaired) electrons. The van der Waals surface area contributed by atoms with Crippen LogP contribution in [0, 0.1) is 3.57 Å². The maximum atomic E-state index is 10.9. The highest BCUT2D eigenvalue weighted by molar-refractivity contribution is 14.1. The molecule has 3 aromatic rings. The minimum absolute atomic E-state index is 0.290. The molecule has 6 nitrogen and oxygen atoms in total. The highest BCUT2D eigenvalue weighted by Gasteiger charge is 2.05. The number of aromatic carboxylic acids is 1. The van der Waals surface area contributed by atoms with E-state index in [9.17, 15) is 9.59 Å². The molecule has 0 fully saturated rings. The Kier molecular flexibility index (Phi) is 6.90. The standard InChI is InChI=1S/C11H10N2O2.C8H7IO2/c1-13-7-12-6-10(13)8-2-4-9(5-3-8)11(14)15;1-11-8(10)6-2-4-7(9)5-3-6/h2-7H,1H3,(H,14,15);2-5H,1H3. The summed E-state index contributed by atoms with van der Waals surface area (Å²) in [6.07, 6.45) is 3.45. The Hall–Kier alpha value is -2.68. The molecular formula is C19H17IN2O4. The van der Waals surface area contributed by atoms with E-state index in [-0.39, 0.29) is 5.97 Å². The van der Waals surface area contributed by atoms with Gasteiger partial charge in [0.2, 0.25) is 0 Å². The number of esters is 1. The number of nitrogens with zero attached hydrogens (tertiary/aromatic N) is 2. The predicted octanol–water partition coefficient (Wildman–Crippen LogP) is 3.86. The SMILES string of the molecule is COC(=O)c1ccc(I)cc1.Cn1cncc1-c1ccc(C(=O)O)cc1. The van der Waals surface area contributed by atoms with Crippen LogP contribution < -0.4 is 0 Å². The molecule has 0 atom stereocenters. The van der Waals surface area contributed by atoms with Crippen LogP contribution in [0.25, 0.3) is 11.3 Å². The summed E-state index contributed by atoms with van der Waals surface area (Å²) in [6, 6.07) is 14.0. The molecule has 0 unspecified atom stereocenters. The molecule has 0 amide bonds. The van der Waals surface area contributed by atoms with Crippen LogP contribution in [0.3, 0.4) is 0 Å². The molecule has 134 valence electrons. The van der Waals surface area contributed by atoms with Crippen molar-refractivity contribution in [3.05, 3.63) is 75.8 Å². The van der Waals surface area contributed by atoms with E-state index in [0.717, 1.165) is 14.8 Å². The first-order chi connectivity index (χ1) is 12.4. The van der Waals surface area contributed by atoms with Crippen LogP contribution in [0.2, 0.25) is 0 Å². The first-order valence-corrected chi connectivity index (χ1v) is 8.64. The molecule has 2 aromatic carbocycles. The zero-order valence-electron chi connectivity index (χ0n) is 14.2. The fourth-order valence-electron chi connectivity index (χ4n) is 2.12. The molecule has 26 heavy (non-hydrogen) atoms. The molecule has 0 bridgehead atoms. The van der Waals surface area contributed by atoms with E-state index in [2.05, 4.69) is 32.3 Å². The number of carbonyl (C=O) groups is 2. The Morgan fingerprint density at radius 3 is 2.08 bits per heavy atom. The maximum Gasteiger partial charge on any atom is 0.337 e. The fourth-order valence-corrected chi connectivity index (χ4v) is 2.48. The Labute approximate surface area is 164 Å². The summed E-state index contributed by atoms with van der Waals surface area (Å²) in [4.78, 5) is 25.6. The molecule has 0 aliphatic heterocycles. The van der Waals surface area contributed by atoms with Crippen molar-refractivity contribution in [2.24, 2.45) is 7.05 Å².